The molecule has 2 rings (SSSR count). The number of rotatable bonds is 4. The van der Waals surface area contributed by atoms with Crippen LogP contribution >= 0.6 is 15.9 Å². The number of carbonyl (C=O) groups excluding carboxylic acids is 1. The SMILES string of the molecule is O=C(c1ccc(Br)cc1F)N1CCCC1CCCO. The number of halogens is 2. The molecule has 0 aromatic heterocycles. The minimum atomic E-state index is -0.493. The molecule has 1 aliphatic heterocycles. The minimum absolute atomic E-state index is 0.124. The third-order valence-corrected chi connectivity index (χ3v) is 3.99. The summed E-state index contributed by atoms with van der Waals surface area (Å²) >= 11 is 3.18. The Labute approximate surface area is 120 Å². The van der Waals surface area contributed by atoms with Crippen molar-refractivity contribution in [2.45, 2.75) is 31.7 Å². The molecule has 1 unspecified atom stereocenters. The highest BCUT2D eigenvalue weighted by Gasteiger charge is 2.30. The van der Waals surface area contributed by atoms with Crippen molar-refractivity contribution in [3.05, 3.63) is 34.1 Å². The zero-order valence-corrected chi connectivity index (χ0v) is 12.2. The Morgan fingerprint density at radius 2 is 2.32 bits per heavy atom. The van der Waals surface area contributed by atoms with E-state index >= 15 is 0 Å². The number of nitrogens with zero attached hydrogens (tertiary/aromatic N) is 1. The van der Waals surface area contributed by atoms with Crippen LogP contribution in [0.5, 0.6) is 0 Å². The van der Waals surface area contributed by atoms with Crippen LogP contribution in [0, 0.1) is 5.82 Å². The van der Waals surface area contributed by atoms with Gasteiger partial charge in [-0.15, -0.1) is 0 Å². The molecule has 19 heavy (non-hydrogen) atoms. The molecule has 0 radical (unpaired) electrons. The summed E-state index contributed by atoms with van der Waals surface area (Å²) in [6.07, 6.45) is 3.33. The van der Waals surface area contributed by atoms with Gasteiger partial charge in [-0.1, -0.05) is 15.9 Å². The normalized spacial score (nSPS) is 18.9. The van der Waals surface area contributed by atoms with E-state index in [-0.39, 0.29) is 24.1 Å². The molecule has 5 heteroatoms. The molecular weight excluding hydrogens is 313 g/mol. The fourth-order valence-electron chi connectivity index (χ4n) is 2.55. The van der Waals surface area contributed by atoms with Crippen molar-refractivity contribution in [3.8, 4) is 0 Å². The molecule has 1 aliphatic rings. The van der Waals surface area contributed by atoms with Crippen molar-refractivity contribution in [1.29, 1.82) is 0 Å². The number of benzene rings is 1. The van der Waals surface area contributed by atoms with Crippen LogP contribution in [0.25, 0.3) is 0 Å². The first-order chi connectivity index (χ1) is 9.13. The molecule has 1 aromatic carbocycles. The highest BCUT2D eigenvalue weighted by Crippen LogP contribution is 2.25. The number of amides is 1. The van der Waals surface area contributed by atoms with Gasteiger partial charge in [-0.2, -0.15) is 0 Å². The van der Waals surface area contributed by atoms with Gasteiger partial charge in [0.1, 0.15) is 5.82 Å². The molecule has 1 saturated heterocycles. The second-order valence-electron chi connectivity index (χ2n) is 4.78. The Kier molecular flexibility index (Phi) is 4.93. The van der Waals surface area contributed by atoms with E-state index in [1.165, 1.54) is 12.1 Å². The van der Waals surface area contributed by atoms with Crippen LogP contribution in [0.15, 0.2) is 22.7 Å². The zero-order valence-electron chi connectivity index (χ0n) is 10.6. The van der Waals surface area contributed by atoms with Gasteiger partial charge in [-0.05, 0) is 43.9 Å². The fraction of sp³-hybridized carbons (Fsp3) is 0.500. The summed E-state index contributed by atoms with van der Waals surface area (Å²) < 4.78 is 14.4. The first-order valence-corrected chi connectivity index (χ1v) is 7.29. The van der Waals surface area contributed by atoms with Gasteiger partial charge in [0.25, 0.3) is 5.91 Å². The summed E-state index contributed by atoms with van der Waals surface area (Å²) in [6, 6.07) is 4.63. The molecule has 0 aliphatic carbocycles. The van der Waals surface area contributed by atoms with Gasteiger partial charge in [0, 0.05) is 23.7 Å². The molecule has 0 bridgehead atoms. The molecule has 0 saturated carbocycles. The van der Waals surface area contributed by atoms with Gasteiger partial charge in [0.2, 0.25) is 0 Å². The number of carbonyl (C=O) groups is 1. The predicted octanol–water partition coefficient (Wildman–Crippen LogP) is 2.97. The Morgan fingerprint density at radius 3 is 3.00 bits per heavy atom. The van der Waals surface area contributed by atoms with Crippen LogP contribution < -0.4 is 0 Å². The van der Waals surface area contributed by atoms with Crippen molar-refractivity contribution in [3.63, 3.8) is 0 Å². The third kappa shape index (κ3) is 3.34. The Morgan fingerprint density at radius 1 is 1.53 bits per heavy atom. The van der Waals surface area contributed by atoms with E-state index < -0.39 is 5.82 Å². The first kappa shape index (κ1) is 14.5. The number of hydrogen-bond donors (Lipinski definition) is 1. The quantitative estimate of drug-likeness (QED) is 0.922. The van der Waals surface area contributed by atoms with E-state index in [1.807, 2.05) is 0 Å². The highest BCUT2D eigenvalue weighted by molar-refractivity contribution is 9.10. The summed E-state index contributed by atoms with van der Waals surface area (Å²) in [5, 5.41) is 8.87. The number of hydrogen-bond acceptors (Lipinski definition) is 2. The second kappa shape index (κ2) is 6.48. The fourth-order valence-corrected chi connectivity index (χ4v) is 2.88. The van der Waals surface area contributed by atoms with Crippen molar-refractivity contribution in [2.75, 3.05) is 13.2 Å². The van der Waals surface area contributed by atoms with Gasteiger partial charge < -0.3 is 10.0 Å². The maximum absolute atomic E-state index is 13.8. The van der Waals surface area contributed by atoms with Crippen molar-refractivity contribution >= 4 is 21.8 Å². The lowest BCUT2D eigenvalue weighted by Gasteiger charge is -2.24. The highest BCUT2D eigenvalue weighted by atomic mass is 79.9. The Hall–Kier alpha value is -0.940. The van der Waals surface area contributed by atoms with Crippen molar-refractivity contribution < 1.29 is 14.3 Å². The lowest BCUT2D eigenvalue weighted by molar-refractivity contribution is 0.0719. The van der Waals surface area contributed by atoms with Gasteiger partial charge >= 0.3 is 0 Å². The zero-order chi connectivity index (χ0) is 13.8. The smallest absolute Gasteiger partial charge is 0.257 e. The van der Waals surface area contributed by atoms with E-state index in [0.717, 1.165) is 19.3 Å². The molecule has 1 amide bonds. The van der Waals surface area contributed by atoms with Crippen LogP contribution in [0.1, 0.15) is 36.0 Å². The van der Waals surface area contributed by atoms with Gasteiger partial charge in [-0.25, -0.2) is 4.39 Å². The van der Waals surface area contributed by atoms with Crippen LogP contribution in [0.4, 0.5) is 4.39 Å². The van der Waals surface area contributed by atoms with Crippen molar-refractivity contribution in [1.82, 2.24) is 4.90 Å². The summed E-state index contributed by atoms with van der Waals surface area (Å²) in [5.74, 6) is -0.738. The topological polar surface area (TPSA) is 40.5 Å². The van der Waals surface area contributed by atoms with Crippen LogP contribution in [0.3, 0.4) is 0 Å². The van der Waals surface area contributed by atoms with Crippen LogP contribution in [0.2, 0.25) is 0 Å². The first-order valence-electron chi connectivity index (χ1n) is 6.50. The molecule has 1 atom stereocenters. The van der Waals surface area contributed by atoms with E-state index in [2.05, 4.69) is 15.9 Å². The lowest BCUT2D eigenvalue weighted by Crippen LogP contribution is -2.36. The van der Waals surface area contributed by atoms with E-state index in [9.17, 15) is 9.18 Å². The van der Waals surface area contributed by atoms with E-state index in [1.54, 1.807) is 11.0 Å². The summed E-state index contributed by atoms with van der Waals surface area (Å²) in [5.41, 5.74) is 0.124. The predicted molar refractivity (Wildman–Crippen MR) is 74.5 cm³/mol. The summed E-state index contributed by atoms with van der Waals surface area (Å²) in [4.78, 5) is 14.1. The molecule has 3 nitrogen and oxygen atoms in total. The minimum Gasteiger partial charge on any atom is -0.396 e. The van der Waals surface area contributed by atoms with E-state index in [4.69, 9.17) is 5.11 Å². The van der Waals surface area contributed by atoms with E-state index in [0.29, 0.717) is 17.4 Å². The summed E-state index contributed by atoms with van der Waals surface area (Å²) in [7, 11) is 0. The molecular formula is C14H17BrFNO2. The largest absolute Gasteiger partial charge is 0.396 e. The molecule has 1 N–H and O–H groups in total. The lowest BCUT2D eigenvalue weighted by atomic mass is 10.1. The number of aliphatic hydroxyl groups is 1. The molecule has 1 aromatic rings. The second-order valence-corrected chi connectivity index (χ2v) is 5.70. The monoisotopic (exact) mass is 329 g/mol. The van der Waals surface area contributed by atoms with Crippen molar-refractivity contribution in [2.24, 2.45) is 0 Å². The maximum atomic E-state index is 13.8. The van der Waals surface area contributed by atoms with Gasteiger partial charge in [0.15, 0.2) is 0 Å². The molecule has 0 spiro atoms. The van der Waals surface area contributed by atoms with Gasteiger partial charge in [0.05, 0.1) is 5.56 Å². The third-order valence-electron chi connectivity index (χ3n) is 3.50. The molecule has 1 fully saturated rings. The van der Waals surface area contributed by atoms with Crippen LogP contribution in [-0.2, 0) is 0 Å². The Bertz CT molecular complexity index is 467. The molecule has 1 heterocycles. The Balaban J connectivity index is 2.13. The number of aliphatic hydroxyl groups excluding tert-OH is 1. The summed E-state index contributed by atoms with van der Waals surface area (Å²) in [6.45, 7) is 0.801. The standard InChI is InChI=1S/C14H17BrFNO2/c15-10-5-6-12(13(16)9-10)14(19)17-7-1-3-11(17)4-2-8-18/h5-6,9,11,18H,1-4,7-8H2. The average Bonchev–Trinajstić information content (AvgIpc) is 2.83. The number of likely N-dealkylation sites (tertiary alicyclic amines) is 1. The average molecular weight is 330 g/mol. The van der Waals surface area contributed by atoms with Gasteiger partial charge in [-0.3, -0.25) is 4.79 Å². The maximum Gasteiger partial charge on any atom is 0.257 e. The molecule has 104 valence electrons. The van der Waals surface area contributed by atoms with Crippen LogP contribution in [-0.4, -0.2) is 35.1 Å².